The van der Waals surface area contributed by atoms with Crippen LogP contribution in [0.5, 0.6) is 0 Å². The number of carboxylic acids is 4. The Balaban J connectivity index is 0.0000281. The third-order valence-corrected chi connectivity index (χ3v) is 10.2. The summed E-state index contributed by atoms with van der Waals surface area (Å²) in [6, 6.07) is -1.17. The summed E-state index contributed by atoms with van der Waals surface area (Å²) < 4.78 is 0. The van der Waals surface area contributed by atoms with Gasteiger partial charge in [0.15, 0.2) is 0 Å². The zero-order chi connectivity index (χ0) is 39.3. The van der Waals surface area contributed by atoms with Gasteiger partial charge in [-0.2, -0.15) is 0 Å². The standard InChI is InChI=1S/C39H73N5O9.Gd/c1-3-5-7-9-11-13-15-17-21-44(22-18-16-14-12-10-8-6-4-2)35(45)20-19-34(39(52)53)43-29-27-41(32-37(48)49)25-23-40(31-36(46)47)24-26-42(28-30-43)33-38(50)51;/h34H,3-33H2,1-2H3,(H,46,47)(H,48,49)(H,50,51)(H,52,53);/q;+3/p-4. The number of unbranched alkanes of at least 4 members (excludes halogenated alkanes) is 14. The smallest absolute Gasteiger partial charge is 0.549 e. The van der Waals surface area contributed by atoms with Crippen molar-refractivity contribution in [1.29, 1.82) is 0 Å². The second-order valence-electron chi connectivity index (χ2n) is 14.7. The minimum absolute atomic E-state index is 0. The molecule has 0 N–H and O–H groups in total. The number of carbonyl (C=O) groups excluding carboxylic acids is 5. The van der Waals surface area contributed by atoms with Crippen molar-refractivity contribution in [1.82, 2.24) is 24.5 Å². The van der Waals surface area contributed by atoms with Crippen molar-refractivity contribution in [3.63, 3.8) is 0 Å². The normalized spacial score (nSPS) is 16.1. The minimum atomic E-state index is -1.36. The number of hydrogen-bond donors (Lipinski definition) is 0. The SMILES string of the molecule is CCCCCCCCCCN(CCCCCCCCCC)C(=O)CCC(C(=O)[O-])N1CCN(CC(=O)[O-])CCN(CC(=O)[O-])CCN(CC(=O)[O-])CC1.[Gd+3]. The average molecular weight is 909 g/mol. The first kappa shape index (κ1) is 52.5. The largest absolute Gasteiger partial charge is 3.00 e. The van der Waals surface area contributed by atoms with Crippen molar-refractivity contribution in [3.05, 3.63) is 0 Å². The molecule has 1 atom stereocenters. The summed E-state index contributed by atoms with van der Waals surface area (Å²) in [5, 5.41) is 47.1. The quantitative estimate of drug-likeness (QED) is 0.0871. The molecule has 1 radical (unpaired) electrons. The molecule has 0 saturated carbocycles. The molecular weight excluding hydrogens is 840 g/mol. The first-order chi connectivity index (χ1) is 25.5. The fraction of sp³-hybridized carbons (Fsp3) is 0.872. The van der Waals surface area contributed by atoms with Crippen molar-refractivity contribution < 1.29 is 84.3 Å². The molecule has 0 aliphatic carbocycles. The molecule has 1 fully saturated rings. The first-order valence-corrected chi connectivity index (χ1v) is 20.5. The van der Waals surface area contributed by atoms with E-state index in [0.717, 1.165) is 38.5 Å². The van der Waals surface area contributed by atoms with E-state index in [1.807, 2.05) is 4.90 Å². The van der Waals surface area contributed by atoms with Gasteiger partial charge in [0, 0.05) is 97.5 Å². The molecule has 0 aromatic heterocycles. The van der Waals surface area contributed by atoms with Gasteiger partial charge in [-0.1, -0.05) is 104 Å². The van der Waals surface area contributed by atoms with E-state index in [2.05, 4.69) is 13.8 Å². The molecule has 15 heteroatoms. The van der Waals surface area contributed by atoms with Gasteiger partial charge in [-0.25, -0.2) is 0 Å². The molecule has 1 aliphatic heterocycles. The van der Waals surface area contributed by atoms with Gasteiger partial charge in [0.25, 0.3) is 0 Å². The van der Waals surface area contributed by atoms with E-state index in [0.29, 0.717) is 13.1 Å². The Morgan fingerprint density at radius 3 is 1.13 bits per heavy atom. The van der Waals surface area contributed by atoms with Crippen molar-refractivity contribution in [2.75, 3.05) is 85.1 Å². The number of hydrogen-bond acceptors (Lipinski definition) is 13. The van der Waals surface area contributed by atoms with Crippen LogP contribution in [0.3, 0.4) is 0 Å². The molecule has 1 unspecified atom stereocenters. The molecule has 0 aromatic carbocycles. The van der Waals surface area contributed by atoms with E-state index < -0.39 is 49.6 Å². The molecule has 1 heterocycles. The molecule has 1 aliphatic rings. The van der Waals surface area contributed by atoms with E-state index >= 15 is 0 Å². The fourth-order valence-electron chi connectivity index (χ4n) is 6.99. The van der Waals surface area contributed by atoms with Crippen molar-refractivity contribution in [2.45, 2.75) is 135 Å². The van der Waals surface area contributed by atoms with Gasteiger partial charge in [-0.15, -0.1) is 0 Å². The Morgan fingerprint density at radius 2 is 0.815 bits per heavy atom. The zero-order valence-electron chi connectivity index (χ0n) is 33.3. The molecule has 1 amide bonds. The fourth-order valence-corrected chi connectivity index (χ4v) is 6.99. The predicted molar refractivity (Wildman–Crippen MR) is 196 cm³/mol. The van der Waals surface area contributed by atoms with Gasteiger partial charge >= 0.3 is 39.9 Å². The van der Waals surface area contributed by atoms with Gasteiger partial charge in [-0.05, 0) is 19.3 Å². The number of carbonyl (C=O) groups is 5. The minimum Gasteiger partial charge on any atom is -0.549 e. The topological polar surface area (TPSA) is 194 Å². The van der Waals surface area contributed by atoms with Crippen LogP contribution in [0.15, 0.2) is 0 Å². The van der Waals surface area contributed by atoms with E-state index in [1.165, 1.54) is 64.2 Å². The van der Waals surface area contributed by atoms with Crippen LogP contribution in [0.1, 0.15) is 129 Å². The number of aliphatic carboxylic acids is 4. The summed E-state index contributed by atoms with van der Waals surface area (Å²) in [5.41, 5.74) is 0. The van der Waals surface area contributed by atoms with Crippen LogP contribution in [0.25, 0.3) is 0 Å². The summed E-state index contributed by atoms with van der Waals surface area (Å²) in [4.78, 5) is 68.9. The Labute approximate surface area is 357 Å². The molecule has 313 valence electrons. The monoisotopic (exact) mass is 909 g/mol. The average Bonchev–Trinajstić information content (AvgIpc) is 3.09. The Bertz CT molecular complexity index is 988. The van der Waals surface area contributed by atoms with Crippen LogP contribution in [0, 0.1) is 39.9 Å². The zero-order valence-corrected chi connectivity index (χ0v) is 35.5. The van der Waals surface area contributed by atoms with Gasteiger partial charge < -0.3 is 44.5 Å². The van der Waals surface area contributed by atoms with Gasteiger partial charge in [-0.3, -0.25) is 24.4 Å². The van der Waals surface area contributed by atoms with Crippen LogP contribution in [0.2, 0.25) is 0 Å². The van der Waals surface area contributed by atoms with Crippen molar-refractivity contribution in [2.24, 2.45) is 0 Å². The maximum atomic E-state index is 13.7. The van der Waals surface area contributed by atoms with Crippen LogP contribution in [-0.4, -0.2) is 145 Å². The summed E-state index contributed by atoms with van der Waals surface area (Å²) in [6.45, 7) is 5.43. The third-order valence-electron chi connectivity index (χ3n) is 10.2. The summed E-state index contributed by atoms with van der Waals surface area (Å²) in [5.74, 6) is -5.43. The Hall–Kier alpha value is -1.49. The van der Waals surface area contributed by atoms with Gasteiger partial charge in [0.1, 0.15) is 0 Å². The molecule has 14 nitrogen and oxygen atoms in total. The third kappa shape index (κ3) is 27.2. The second kappa shape index (κ2) is 33.6. The van der Waals surface area contributed by atoms with E-state index in [1.54, 1.807) is 19.6 Å². The first-order valence-electron chi connectivity index (χ1n) is 20.5. The predicted octanol–water partition coefficient (Wildman–Crippen LogP) is -0.534. The van der Waals surface area contributed by atoms with E-state index in [4.69, 9.17) is 0 Å². The summed E-state index contributed by atoms with van der Waals surface area (Å²) in [6.07, 6.45) is 18.4. The Kier molecular flexibility index (Phi) is 32.7. The molecule has 0 aromatic rings. The van der Waals surface area contributed by atoms with Crippen molar-refractivity contribution in [3.8, 4) is 0 Å². The van der Waals surface area contributed by atoms with Gasteiger partial charge in [0.2, 0.25) is 5.91 Å². The summed E-state index contributed by atoms with van der Waals surface area (Å²) in [7, 11) is 0. The Morgan fingerprint density at radius 1 is 0.500 bits per heavy atom. The number of nitrogens with zero attached hydrogens (tertiary/aromatic N) is 5. The molecule has 0 bridgehead atoms. The van der Waals surface area contributed by atoms with Crippen LogP contribution < -0.4 is 20.4 Å². The number of carboxylic acid groups (broad SMARTS) is 4. The van der Waals surface area contributed by atoms with Crippen LogP contribution in [-0.2, 0) is 24.0 Å². The van der Waals surface area contributed by atoms with E-state index in [-0.39, 0.29) is 111 Å². The maximum absolute atomic E-state index is 13.7. The maximum Gasteiger partial charge on any atom is 3.00 e. The molecule has 0 spiro atoms. The molecule has 1 saturated heterocycles. The van der Waals surface area contributed by atoms with Crippen molar-refractivity contribution >= 4 is 29.8 Å². The molecular formula is C39H69GdN5O9-. The number of amides is 1. The molecule has 1 rings (SSSR count). The summed E-state index contributed by atoms with van der Waals surface area (Å²) >= 11 is 0. The second-order valence-corrected chi connectivity index (χ2v) is 14.7. The van der Waals surface area contributed by atoms with E-state index in [9.17, 15) is 44.4 Å². The molecule has 54 heavy (non-hydrogen) atoms. The van der Waals surface area contributed by atoms with Crippen LogP contribution in [0.4, 0.5) is 0 Å². The van der Waals surface area contributed by atoms with Gasteiger partial charge in [0.05, 0.1) is 23.9 Å². The number of rotatable bonds is 29. The van der Waals surface area contributed by atoms with Crippen LogP contribution >= 0.6 is 0 Å².